The average molecular weight is 279 g/mol. The Morgan fingerprint density at radius 3 is 3.24 bits per heavy atom. The van der Waals surface area contributed by atoms with Crippen LogP contribution in [0.15, 0.2) is 36.8 Å². The molecule has 1 N–H and O–H groups in total. The van der Waals surface area contributed by atoms with E-state index < -0.39 is 0 Å². The van der Waals surface area contributed by atoms with E-state index in [4.69, 9.17) is 0 Å². The quantitative estimate of drug-likeness (QED) is 0.733. The minimum absolute atomic E-state index is 0.0590. The fraction of sp³-hybridized carbons (Fsp3) is 0.294. The number of aromatic amines is 1. The van der Waals surface area contributed by atoms with Crippen molar-refractivity contribution in [3.05, 3.63) is 59.4 Å². The number of nitrogens with one attached hydrogen (secondary N) is 1. The van der Waals surface area contributed by atoms with E-state index in [0.29, 0.717) is 0 Å². The molecular formula is C17H17N3O. The first-order valence-corrected chi connectivity index (χ1v) is 7.36. The van der Waals surface area contributed by atoms with Crippen molar-refractivity contribution in [3.8, 4) is 0 Å². The number of Topliss-reactive ketones (excluding diaryl/α,β-unsaturated/α-hetero) is 1. The number of carbonyl (C=O) groups excluding carboxylic acids is 1. The van der Waals surface area contributed by atoms with Gasteiger partial charge in [-0.25, -0.2) is 4.98 Å². The van der Waals surface area contributed by atoms with Gasteiger partial charge in [0.05, 0.1) is 17.5 Å². The molecule has 0 saturated carbocycles. The molecule has 0 fully saturated rings. The SMILES string of the molecule is Cc1cc(C(=O)[C@H]2CCc3nc[nH]c3C2)c2ccccn12. The Balaban J connectivity index is 1.71. The van der Waals surface area contributed by atoms with E-state index in [1.807, 2.05) is 37.4 Å². The second kappa shape index (κ2) is 4.58. The maximum Gasteiger partial charge on any atom is 0.168 e. The van der Waals surface area contributed by atoms with Gasteiger partial charge in [0.25, 0.3) is 0 Å². The number of pyridine rings is 1. The van der Waals surface area contributed by atoms with Crippen molar-refractivity contribution in [3.63, 3.8) is 0 Å². The minimum Gasteiger partial charge on any atom is -0.348 e. The molecule has 1 aliphatic rings. The zero-order chi connectivity index (χ0) is 14.4. The fourth-order valence-corrected chi connectivity index (χ4v) is 3.36. The number of hydrogen-bond acceptors (Lipinski definition) is 2. The van der Waals surface area contributed by atoms with Crippen LogP contribution in [0.1, 0.15) is 33.9 Å². The molecule has 3 aromatic rings. The van der Waals surface area contributed by atoms with Gasteiger partial charge < -0.3 is 9.38 Å². The number of hydrogen-bond donors (Lipinski definition) is 1. The summed E-state index contributed by atoms with van der Waals surface area (Å²) in [5.41, 5.74) is 5.21. The maximum atomic E-state index is 12.9. The first-order chi connectivity index (χ1) is 10.2. The predicted octanol–water partition coefficient (Wildman–Crippen LogP) is 2.96. The highest BCUT2D eigenvalue weighted by Gasteiger charge is 2.28. The van der Waals surface area contributed by atoms with Gasteiger partial charge in [0, 0.05) is 29.1 Å². The summed E-state index contributed by atoms with van der Waals surface area (Å²) < 4.78 is 2.08. The van der Waals surface area contributed by atoms with E-state index in [0.717, 1.165) is 47.4 Å². The number of imidazole rings is 1. The summed E-state index contributed by atoms with van der Waals surface area (Å²) in [5.74, 6) is 0.316. The summed E-state index contributed by atoms with van der Waals surface area (Å²) >= 11 is 0. The van der Waals surface area contributed by atoms with Gasteiger partial charge in [0.2, 0.25) is 0 Å². The number of carbonyl (C=O) groups is 1. The van der Waals surface area contributed by atoms with Crippen molar-refractivity contribution in [2.24, 2.45) is 5.92 Å². The summed E-state index contributed by atoms with van der Waals surface area (Å²) in [4.78, 5) is 20.4. The molecule has 0 amide bonds. The highest BCUT2D eigenvalue weighted by atomic mass is 16.1. The lowest BCUT2D eigenvalue weighted by Crippen LogP contribution is -2.22. The Bertz CT molecular complexity index is 828. The van der Waals surface area contributed by atoms with Gasteiger partial charge in [-0.15, -0.1) is 0 Å². The number of aromatic nitrogens is 3. The van der Waals surface area contributed by atoms with Gasteiger partial charge in [-0.1, -0.05) is 6.07 Å². The van der Waals surface area contributed by atoms with Crippen LogP contribution in [-0.2, 0) is 12.8 Å². The number of nitrogens with zero attached hydrogens (tertiary/aromatic N) is 2. The smallest absolute Gasteiger partial charge is 0.168 e. The van der Waals surface area contributed by atoms with Gasteiger partial charge >= 0.3 is 0 Å². The van der Waals surface area contributed by atoms with Crippen molar-refractivity contribution in [1.29, 1.82) is 0 Å². The molecule has 4 rings (SSSR count). The van der Waals surface area contributed by atoms with Gasteiger partial charge in [-0.3, -0.25) is 4.79 Å². The van der Waals surface area contributed by atoms with E-state index in [1.165, 1.54) is 0 Å². The van der Waals surface area contributed by atoms with Gasteiger partial charge in [0.1, 0.15) is 0 Å². The summed E-state index contributed by atoms with van der Waals surface area (Å²) in [6.45, 7) is 2.04. The van der Waals surface area contributed by atoms with Crippen LogP contribution >= 0.6 is 0 Å². The minimum atomic E-state index is 0.0590. The molecule has 0 bridgehead atoms. The maximum absolute atomic E-state index is 12.9. The Labute approximate surface area is 122 Å². The summed E-state index contributed by atoms with van der Waals surface area (Å²) in [7, 11) is 0. The Morgan fingerprint density at radius 2 is 2.33 bits per heavy atom. The third-order valence-electron chi connectivity index (χ3n) is 4.49. The standard InChI is InChI=1S/C17H17N3O/c1-11-8-13(16-4-2-3-7-20(11)16)17(21)12-5-6-14-15(9-12)19-10-18-14/h2-4,7-8,10,12H,5-6,9H2,1H3,(H,18,19)/t12-/m0/s1. The Kier molecular flexibility index (Phi) is 2.70. The second-order valence-electron chi connectivity index (χ2n) is 5.79. The lowest BCUT2D eigenvalue weighted by Gasteiger charge is -2.19. The van der Waals surface area contributed by atoms with Crippen LogP contribution in [-0.4, -0.2) is 20.2 Å². The van der Waals surface area contributed by atoms with Crippen LogP contribution in [0, 0.1) is 12.8 Å². The number of H-pyrrole nitrogens is 1. The molecule has 0 radical (unpaired) electrons. The number of fused-ring (bicyclic) bond motifs is 2. The first-order valence-electron chi connectivity index (χ1n) is 7.36. The number of aryl methyl sites for hydroxylation is 2. The van der Waals surface area contributed by atoms with Crippen LogP contribution in [0.2, 0.25) is 0 Å². The zero-order valence-corrected chi connectivity index (χ0v) is 12.0. The summed E-state index contributed by atoms with van der Waals surface area (Å²) in [5, 5.41) is 0. The molecule has 0 unspecified atom stereocenters. The van der Waals surface area contributed by atoms with Crippen molar-refractivity contribution < 1.29 is 4.79 Å². The fourth-order valence-electron chi connectivity index (χ4n) is 3.36. The lowest BCUT2D eigenvalue weighted by atomic mass is 9.84. The molecule has 0 aliphatic heterocycles. The number of ketones is 1. The van der Waals surface area contributed by atoms with Gasteiger partial charge in [-0.2, -0.15) is 0 Å². The third kappa shape index (κ3) is 1.90. The molecular weight excluding hydrogens is 262 g/mol. The monoisotopic (exact) mass is 279 g/mol. The molecule has 21 heavy (non-hydrogen) atoms. The average Bonchev–Trinajstić information content (AvgIpc) is 3.11. The van der Waals surface area contributed by atoms with Gasteiger partial charge in [-0.05, 0) is 44.4 Å². The van der Waals surface area contributed by atoms with E-state index in [1.54, 1.807) is 6.33 Å². The van der Waals surface area contributed by atoms with Crippen molar-refractivity contribution in [2.45, 2.75) is 26.2 Å². The van der Waals surface area contributed by atoms with E-state index >= 15 is 0 Å². The molecule has 0 spiro atoms. The van der Waals surface area contributed by atoms with Gasteiger partial charge in [0.15, 0.2) is 5.78 Å². The Morgan fingerprint density at radius 1 is 1.43 bits per heavy atom. The van der Waals surface area contributed by atoms with Crippen molar-refractivity contribution >= 4 is 11.3 Å². The predicted molar refractivity (Wildman–Crippen MR) is 80.6 cm³/mol. The lowest BCUT2D eigenvalue weighted by molar-refractivity contribution is 0.0909. The van der Waals surface area contributed by atoms with E-state index in [2.05, 4.69) is 14.4 Å². The molecule has 1 atom stereocenters. The highest BCUT2D eigenvalue weighted by Crippen LogP contribution is 2.28. The Hall–Kier alpha value is -2.36. The van der Waals surface area contributed by atoms with Crippen molar-refractivity contribution in [2.75, 3.05) is 0 Å². The third-order valence-corrected chi connectivity index (χ3v) is 4.49. The normalized spacial score (nSPS) is 17.9. The molecule has 4 nitrogen and oxygen atoms in total. The molecule has 106 valence electrons. The van der Waals surface area contributed by atoms with Crippen LogP contribution in [0.25, 0.3) is 5.52 Å². The number of rotatable bonds is 2. The van der Waals surface area contributed by atoms with Crippen LogP contribution in [0.3, 0.4) is 0 Å². The van der Waals surface area contributed by atoms with E-state index in [9.17, 15) is 4.79 Å². The first kappa shape index (κ1) is 12.4. The summed E-state index contributed by atoms with van der Waals surface area (Å²) in [6.07, 6.45) is 6.29. The zero-order valence-electron chi connectivity index (χ0n) is 12.0. The molecule has 4 heteroatoms. The largest absolute Gasteiger partial charge is 0.348 e. The highest BCUT2D eigenvalue weighted by molar-refractivity contribution is 6.04. The molecule has 0 aromatic carbocycles. The van der Waals surface area contributed by atoms with Crippen molar-refractivity contribution in [1.82, 2.24) is 14.4 Å². The molecule has 3 aromatic heterocycles. The second-order valence-corrected chi connectivity index (χ2v) is 5.79. The molecule has 3 heterocycles. The van der Waals surface area contributed by atoms with Crippen LogP contribution in [0.5, 0.6) is 0 Å². The van der Waals surface area contributed by atoms with Crippen LogP contribution in [0.4, 0.5) is 0 Å². The topological polar surface area (TPSA) is 50.2 Å². The van der Waals surface area contributed by atoms with Crippen LogP contribution < -0.4 is 0 Å². The molecule has 0 saturated heterocycles. The summed E-state index contributed by atoms with van der Waals surface area (Å²) in [6, 6.07) is 8.01. The van der Waals surface area contributed by atoms with E-state index in [-0.39, 0.29) is 11.7 Å². The molecule has 1 aliphatic carbocycles.